The van der Waals surface area contributed by atoms with E-state index in [9.17, 15) is 38.4 Å². The summed E-state index contributed by atoms with van der Waals surface area (Å²) < 4.78 is 110. The third-order valence-corrected chi connectivity index (χ3v) is 16.5. The quantitative estimate of drug-likeness (QED) is 0.0311. The topological polar surface area (TPSA) is 293 Å². The molecule has 522 valence electrons. The Morgan fingerprint density at radius 2 is 0.545 bits per heavy atom. The van der Waals surface area contributed by atoms with E-state index in [-0.39, 0.29) is 40.0 Å². The van der Waals surface area contributed by atoms with E-state index in [1.807, 2.05) is 0 Å². The Balaban J connectivity index is 1.10. The van der Waals surface area contributed by atoms with Gasteiger partial charge in [-0.2, -0.15) is 0 Å². The molecule has 0 saturated carbocycles. The monoisotopic (exact) mass is 1360 g/mol. The van der Waals surface area contributed by atoms with Crippen LogP contribution in [0, 0.1) is 0 Å². The van der Waals surface area contributed by atoms with Crippen LogP contribution in [-0.2, 0) is 90.1 Å². The number of rotatable bonds is 24. The molecule has 0 bridgehead atoms. The molecule has 4 saturated heterocycles. The molecule has 0 aromatic heterocycles. The smallest absolute Gasteiger partial charge is 0.338 e. The molecular weight excluding hydrogens is 1290 g/mol. The third kappa shape index (κ3) is 17.9. The molecule has 0 unspecified atom stereocenters. The fourth-order valence-corrected chi connectivity index (χ4v) is 11.8. The third-order valence-electron chi connectivity index (χ3n) is 16.5. The molecule has 6 aromatic rings. The van der Waals surface area contributed by atoms with Gasteiger partial charge in [0, 0.05) is 21.0 Å². The number of ether oxygens (including phenoxy) is 17. The summed E-state index contributed by atoms with van der Waals surface area (Å²) in [5, 5.41) is 0. The van der Waals surface area contributed by atoms with Crippen LogP contribution in [0.4, 0.5) is 0 Å². The van der Waals surface area contributed by atoms with Gasteiger partial charge in [-0.05, 0) is 100 Å². The van der Waals surface area contributed by atoms with E-state index in [0.717, 1.165) is 13.8 Å². The number of esters is 8. The van der Waals surface area contributed by atoms with Crippen molar-refractivity contribution in [2.45, 2.75) is 164 Å². The highest BCUT2D eigenvalue weighted by Gasteiger charge is 2.60. The van der Waals surface area contributed by atoms with Gasteiger partial charge in [0.25, 0.3) is 0 Å². The highest BCUT2D eigenvalue weighted by Crippen LogP contribution is 2.41. The van der Waals surface area contributed by atoms with Gasteiger partial charge in [-0.25, -0.2) is 28.8 Å². The fourth-order valence-electron chi connectivity index (χ4n) is 11.8. The first kappa shape index (κ1) is 72.2. The molecule has 0 aliphatic carbocycles. The van der Waals surface area contributed by atoms with E-state index >= 15 is 0 Å². The molecule has 4 aliphatic heterocycles. The predicted octanol–water partition coefficient (Wildman–Crippen LogP) is 8.56. The van der Waals surface area contributed by atoms with Crippen LogP contribution in [0.1, 0.15) is 104 Å². The van der Waals surface area contributed by atoms with E-state index in [4.69, 9.17) is 80.5 Å². The van der Waals surface area contributed by atoms with Crippen molar-refractivity contribution in [1.82, 2.24) is 0 Å². The van der Waals surface area contributed by atoms with Crippen molar-refractivity contribution in [2.24, 2.45) is 0 Å². The van der Waals surface area contributed by atoms with Gasteiger partial charge in [0.2, 0.25) is 0 Å². The highest BCUT2D eigenvalue weighted by molar-refractivity contribution is 5.92. The standard InChI is InChI=1S/C74H76O25/c1-9-40-84-57-53(91-65(77)47-28-16-10-17-29-47)41(2)86-72(61(57)95-69(81)51-36-24-14-25-37-51)98-60-56(94-68(80)50-34-22-13-23-35-50)44(5)88-74(64(60)96-70(82)52-38-26-15-27-39-52)99-62-59(55(42(3)85-71(62)83-8)93-67(79)49-32-20-12-21-33-49)97-73-63(90-46(7)76)58(89-45(6)75)54(43(4)87-73)92-66(78)48-30-18-11-19-31-48/h9-39,41-44,53-64,71-74H,1,40H2,2-8H3/t41-,42-,43-,44-,53-,54-,55-,56-,57+,58+,59+,60+,61+,62+,63+,64+,71+,72-,73-,74-/m1/s1. The van der Waals surface area contributed by atoms with Gasteiger partial charge in [0.05, 0.1) is 64.4 Å². The summed E-state index contributed by atoms with van der Waals surface area (Å²) in [5.41, 5.74) is 0.543. The van der Waals surface area contributed by atoms with Gasteiger partial charge < -0.3 is 80.5 Å². The maximum absolute atomic E-state index is 15.0. The Bertz CT molecular complexity index is 3700. The van der Waals surface area contributed by atoms with Crippen LogP contribution in [0.2, 0.25) is 0 Å². The molecule has 0 radical (unpaired) electrons. The van der Waals surface area contributed by atoms with Gasteiger partial charge in [0.1, 0.15) is 24.4 Å². The normalized spacial score (nSPS) is 29.6. The molecule has 6 aromatic carbocycles. The molecule has 0 amide bonds. The predicted molar refractivity (Wildman–Crippen MR) is 344 cm³/mol. The fraction of sp³-hybridized carbons (Fsp3) is 0.378. The van der Waals surface area contributed by atoms with Crippen LogP contribution in [0.5, 0.6) is 0 Å². The molecule has 25 nitrogen and oxygen atoms in total. The number of hydrogen-bond acceptors (Lipinski definition) is 25. The summed E-state index contributed by atoms with van der Waals surface area (Å²) >= 11 is 0. The maximum Gasteiger partial charge on any atom is 0.338 e. The van der Waals surface area contributed by atoms with Crippen molar-refractivity contribution in [3.63, 3.8) is 0 Å². The van der Waals surface area contributed by atoms with Gasteiger partial charge in [0.15, 0.2) is 74.0 Å². The van der Waals surface area contributed by atoms with E-state index in [0.29, 0.717) is 0 Å². The van der Waals surface area contributed by atoms with Crippen LogP contribution < -0.4 is 0 Å². The van der Waals surface area contributed by atoms with Gasteiger partial charge in [-0.15, -0.1) is 6.58 Å². The first-order chi connectivity index (χ1) is 47.8. The van der Waals surface area contributed by atoms with E-state index in [2.05, 4.69) is 6.58 Å². The second kappa shape index (κ2) is 33.8. The van der Waals surface area contributed by atoms with Crippen LogP contribution in [0.25, 0.3) is 0 Å². The van der Waals surface area contributed by atoms with Gasteiger partial charge in [-0.3, -0.25) is 9.59 Å². The van der Waals surface area contributed by atoms with Gasteiger partial charge >= 0.3 is 47.8 Å². The maximum atomic E-state index is 15.0. The van der Waals surface area contributed by atoms with Crippen molar-refractivity contribution >= 4 is 47.8 Å². The van der Waals surface area contributed by atoms with Crippen molar-refractivity contribution in [1.29, 1.82) is 0 Å². The summed E-state index contributed by atoms with van der Waals surface area (Å²) in [4.78, 5) is 113. The Morgan fingerprint density at radius 1 is 0.313 bits per heavy atom. The van der Waals surface area contributed by atoms with E-state index in [1.165, 1.54) is 87.7 Å². The Morgan fingerprint density at radius 3 is 0.838 bits per heavy atom. The number of benzene rings is 6. The lowest BCUT2D eigenvalue weighted by atomic mass is 9.95. The Hall–Kier alpha value is -9.54. The SMILES string of the molecule is C=CCO[C@@H]1[C@H](OC(=O)c2ccccc2)[C@@H](O[C@@H]2[C@H](OC(=O)c3ccccc3)[C@@H](O[C@@H]3[C@@H](OC)O[C@H](C)[C@@H](OC(=O)c4ccccc4)[C@@H]3O[C@H]3O[C@H](C)[C@@H](OC(=O)c4ccccc4)[C@H](OC(C)=O)[C@@H]3OC(C)=O)O[C@H](C)[C@H]2OC(=O)c2ccccc2)O[C@H](C)[C@H]1OC(=O)c1ccccc1. The van der Waals surface area contributed by atoms with Crippen LogP contribution in [0.15, 0.2) is 195 Å². The highest BCUT2D eigenvalue weighted by atomic mass is 16.8. The second-order valence-electron chi connectivity index (χ2n) is 23.5. The van der Waals surface area contributed by atoms with Crippen LogP contribution >= 0.6 is 0 Å². The van der Waals surface area contributed by atoms with Crippen molar-refractivity contribution in [2.75, 3.05) is 13.7 Å². The molecular formula is C74H76O25. The summed E-state index contributed by atoms with van der Waals surface area (Å²) in [6.45, 7) is 11.9. The molecule has 0 spiro atoms. The molecule has 4 aliphatic rings. The number of carbonyl (C=O) groups is 8. The molecule has 25 heteroatoms. The summed E-state index contributed by atoms with van der Waals surface area (Å²) in [7, 11) is 1.26. The van der Waals surface area contributed by atoms with Crippen molar-refractivity contribution in [3.05, 3.63) is 228 Å². The number of carbonyl (C=O) groups excluding carboxylic acids is 8. The average molecular weight is 1370 g/mol. The summed E-state index contributed by atoms with van der Waals surface area (Å²) in [5.74, 6) is -7.14. The van der Waals surface area contributed by atoms with Crippen LogP contribution in [0.3, 0.4) is 0 Å². The van der Waals surface area contributed by atoms with Crippen LogP contribution in [-0.4, -0.2) is 184 Å². The van der Waals surface area contributed by atoms with Crippen molar-refractivity contribution in [3.8, 4) is 0 Å². The zero-order valence-corrected chi connectivity index (χ0v) is 55.1. The minimum Gasteiger partial charge on any atom is -0.454 e. The van der Waals surface area contributed by atoms with Crippen molar-refractivity contribution < 1.29 is 119 Å². The zero-order valence-electron chi connectivity index (χ0n) is 55.1. The molecule has 20 atom stereocenters. The minimum absolute atomic E-state index is 0.00141. The lowest BCUT2D eigenvalue weighted by molar-refractivity contribution is -0.392. The lowest BCUT2D eigenvalue weighted by Crippen LogP contribution is -2.68. The van der Waals surface area contributed by atoms with Gasteiger partial charge in [-0.1, -0.05) is 115 Å². The summed E-state index contributed by atoms with van der Waals surface area (Å²) in [6.07, 6.45) is -30.5. The molecule has 0 N–H and O–H groups in total. The molecule has 99 heavy (non-hydrogen) atoms. The number of methoxy groups -OCH3 is 1. The van der Waals surface area contributed by atoms with E-state index in [1.54, 1.807) is 135 Å². The Labute approximate surface area is 570 Å². The molecule has 4 heterocycles. The average Bonchev–Trinajstić information content (AvgIpc) is 0.758. The van der Waals surface area contributed by atoms with E-state index < -0.39 is 171 Å². The first-order valence-electron chi connectivity index (χ1n) is 32.0. The summed E-state index contributed by atoms with van der Waals surface area (Å²) in [6, 6.07) is 47.5. The number of hydrogen-bond donors (Lipinski definition) is 0. The largest absolute Gasteiger partial charge is 0.454 e. The molecule has 10 rings (SSSR count). The zero-order chi connectivity index (χ0) is 70.3. The molecule has 4 fully saturated rings. The minimum atomic E-state index is -1.95. The first-order valence-corrected chi connectivity index (χ1v) is 32.0. The lowest BCUT2D eigenvalue weighted by Gasteiger charge is -2.51. The second-order valence-corrected chi connectivity index (χ2v) is 23.5. The Kier molecular flexibility index (Phi) is 24.7.